The first-order chi connectivity index (χ1) is 14.5. The summed E-state index contributed by atoms with van der Waals surface area (Å²) in [6.45, 7) is 6.34. The van der Waals surface area contributed by atoms with Gasteiger partial charge in [0.15, 0.2) is 0 Å². The predicted molar refractivity (Wildman–Crippen MR) is 117 cm³/mol. The molecule has 1 heterocycles. The van der Waals surface area contributed by atoms with Crippen LogP contribution in [0.3, 0.4) is 0 Å². The quantitative estimate of drug-likeness (QED) is 0.705. The minimum atomic E-state index is -1.21. The standard InChI is InChI=1S/C23H26ClNO6/c1-23(2,3)12-25-17-8-5-13(24)9-16(17)21(31-19(22(25)29)11-20(27)28)15-7-6-14(26)10-18(15)30-4/h5-10,19,21,26H,11-12H2,1-4H3,(H,27,28)/t19-,21-/m0/s1. The molecular formula is C23H26ClNO6. The highest BCUT2D eigenvalue weighted by atomic mass is 35.5. The van der Waals surface area contributed by atoms with Crippen LogP contribution >= 0.6 is 11.6 Å². The number of carbonyl (C=O) groups excluding carboxylic acids is 1. The number of aliphatic carboxylic acids is 1. The van der Waals surface area contributed by atoms with Gasteiger partial charge in [0, 0.05) is 34.4 Å². The van der Waals surface area contributed by atoms with Crippen LogP contribution in [-0.4, -0.2) is 41.8 Å². The maximum absolute atomic E-state index is 13.4. The van der Waals surface area contributed by atoms with E-state index in [2.05, 4.69) is 0 Å². The molecule has 0 aliphatic carbocycles. The number of phenols is 1. The van der Waals surface area contributed by atoms with E-state index in [1.807, 2.05) is 20.8 Å². The van der Waals surface area contributed by atoms with Gasteiger partial charge in [-0.05, 0) is 35.7 Å². The molecule has 0 saturated carbocycles. The summed E-state index contributed by atoms with van der Waals surface area (Å²) < 4.78 is 11.6. The van der Waals surface area contributed by atoms with Crippen LogP contribution in [0.1, 0.15) is 44.4 Å². The Labute approximate surface area is 186 Å². The number of carboxylic acids is 1. The summed E-state index contributed by atoms with van der Waals surface area (Å²) in [5.74, 6) is -1.22. The molecule has 2 N–H and O–H groups in total. The molecule has 2 atom stereocenters. The highest BCUT2D eigenvalue weighted by Crippen LogP contribution is 2.44. The van der Waals surface area contributed by atoms with Crippen molar-refractivity contribution in [1.82, 2.24) is 0 Å². The zero-order chi connectivity index (χ0) is 22.9. The predicted octanol–water partition coefficient (Wildman–Crippen LogP) is 4.40. The molecule has 7 nitrogen and oxygen atoms in total. The van der Waals surface area contributed by atoms with Gasteiger partial charge in [0.2, 0.25) is 0 Å². The third kappa shape index (κ3) is 5.11. The van der Waals surface area contributed by atoms with E-state index >= 15 is 0 Å². The lowest BCUT2D eigenvalue weighted by atomic mass is 9.94. The molecule has 166 valence electrons. The molecule has 0 bridgehead atoms. The molecule has 1 amide bonds. The fourth-order valence-electron chi connectivity index (χ4n) is 3.66. The number of fused-ring (bicyclic) bond motifs is 1. The van der Waals surface area contributed by atoms with Crippen LogP contribution in [0.25, 0.3) is 0 Å². The number of halogens is 1. The molecule has 3 rings (SSSR count). The number of carbonyl (C=O) groups is 2. The number of aromatic hydroxyl groups is 1. The van der Waals surface area contributed by atoms with Crippen LogP contribution in [0, 0.1) is 5.41 Å². The number of methoxy groups -OCH3 is 1. The van der Waals surface area contributed by atoms with E-state index in [1.54, 1.807) is 29.2 Å². The van der Waals surface area contributed by atoms with Gasteiger partial charge < -0.3 is 24.6 Å². The fraction of sp³-hybridized carbons (Fsp3) is 0.391. The van der Waals surface area contributed by atoms with Crippen molar-refractivity contribution in [3.8, 4) is 11.5 Å². The summed E-state index contributed by atoms with van der Waals surface area (Å²) in [4.78, 5) is 26.5. The zero-order valence-electron chi connectivity index (χ0n) is 17.9. The zero-order valence-corrected chi connectivity index (χ0v) is 18.6. The topological polar surface area (TPSA) is 96.3 Å². The summed E-state index contributed by atoms with van der Waals surface area (Å²) in [7, 11) is 1.46. The summed E-state index contributed by atoms with van der Waals surface area (Å²) >= 11 is 6.30. The number of rotatable bonds is 5. The molecule has 0 spiro atoms. The van der Waals surface area contributed by atoms with Crippen LogP contribution in [-0.2, 0) is 14.3 Å². The molecule has 0 unspecified atom stereocenters. The number of phenolic OH excluding ortho intramolecular Hbond substituents is 1. The van der Waals surface area contributed by atoms with Crippen LogP contribution in [0.2, 0.25) is 5.02 Å². The van der Waals surface area contributed by atoms with Crippen molar-refractivity contribution in [2.75, 3.05) is 18.6 Å². The number of carboxylic acid groups (broad SMARTS) is 1. The second-order valence-corrected chi connectivity index (χ2v) is 9.15. The Bertz CT molecular complexity index is 1000. The van der Waals surface area contributed by atoms with E-state index in [-0.39, 0.29) is 11.2 Å². The minimum Gasteiger partial charge on any atom is -0.508 e. The molecule has 31 heavy (non-hydrogen) atoms. The van der Waals surface area contributed by atoms with Crippen molar-refractivity contribution in [3.05, 3.63) is 52.5 Å². The van der Waals surface area contributed by atoms with Gasteiger partial charge in [0.25, 0.3) is 5.91 Å². The van der Waals surface area contributed by atoms with Gasteiger partial charge in [-0.15, -0.1) is 0 Å². The van der Waals surface area contributed by atoms with Crippen LogP contribution < -0.4 is 9.64 Å². The highest BCUT2D eigenvalue weighted by molar-refractivity contribution is 6.30. The molecule has 0 radical (unpaired) electrons. The Morgan fingerprint density at radius 2 is 1.90 bits per heavy atom. The molecule has 8 heteroatoms. The molecule has 2 aromatic rings. The third-order valence-corrected chi connectivity index (χ3v) is 5.13. The van der Waals surface area contributed by atoms with Crippen molar-refractivity contribution in [3.63, 3.8) is 0 Å². The molecule has 2 aromatic carbocycles. The molecule has 1 aliphatic heterocycles. The Kier molecular flexibility index (Phi) is 6.48. The molecule has 0 saturated heterocycles. The first-order valence-electron chi connectivity index (χ1n) is 9.85. The largest absolute Gasteiger partial charge is 0.508 e. The van der Waals surface area contributed by atoms with E-state index < -0.39 is 30.5 Å². The van der Waals surface area contributed by atoms with Gasteiger partial charge >= 0.3 is 5.97 Å². The number of hydrogen-bond acceptors (Lipinski definition) is 5. The lowest BCUT2D eigenvalue weighted by molar-refractivity contribution is -0.147. The Balaban J connectivity index is 2.24. The lowest BCUT2D eigenvalue weighted by Crippen LogP contribution is -2.44. The molecular weight excluding hydrogens is 422 g/mol. The number of benzene rings is 2. The van der Waals surface area contributed by atoms with Crippen LogP contribution in [0.4, 0.5) is 5.69 Å². The van der Waals surface area contributed by atoms with Gasteiger partial charge in [-0.1, -0.05) is 32.4 Å². The third-order valence-electron chi connectivity index (χ3n) is 4.90. The van der Waals surface area contributed by atoms with E-state index in [0.717, 1.165) is 0 Å². The smallest absolute Gasteiger partial charge is 0.306 e. The Morgan fingerprint density at radius 1 is 1.19 bits per heavy atom. The maximum Gasteiger partial charge on any atom is 0.306 e. The second kappa shape index (κ2) is 8.77. The summed E-state index contributed by atoms with van der Waals surface area (Å²) in [6, 6.07) is 9.69. The fourth-order valence-corrected chi connectivity index (χ4v) is 3.84. The van der Waals surface area contributed by atoms with Crippen molar-refractivity contribution in [2.45, 2.75) is 39.4 Å². The van der Waals surface area contributed by atoms with E-state index in [9.17, 15) is 19.8 Å². The van der Waals surface area contributed by atoms with Gasteiger partial charge in [-0.2, -0.15) is 0 Å². The van der Waals surface area contributed by atoms with Gasteiger partial charge in [-0.3, -0.25) is 9.59 Å². The second-order valence-electron chi connectivity index (χ2n) is 8.72. The molecule has 1 aliphatic rings. The average molecular weight is 448 g/mol. The number of hydrogen-bond donors (Lipinski definition) is 2. The number of nitrogens with zero attached hydrogens (tertiary/aromatic N) is 1. The molecule has 0 aromatic heterocycles. The van der Waals surface area contributed by atoms with E-state index in [1.165, 1.54) is 19.2 Å². The van der Waals surface area contributed by atoms with Gasteiger partial charge in [0.05, 0.1) is 13.5 Å². The maximum atomic E-state index is 13.4. The number of ether oxygens (including phenoxy) is 2. The SMILES string of the molecule is COc1cc(O)ccc1[C@@H]1O[C@@H](CC(=O)O)C(=O)N(CC(C)(C)C)c2ccc(Cl)cc21. The summed E-state index contributed by atoms with van der Waals surface area (Å²) in [6.07, 6.45) is -2.53. The van der Waals surface area contributed by atoms with Crippen molar-refractivity contribution < 1.29 is 29.3 Å². The monoisotopic (exact) mass is 447 g/mol. The van der Waals surface area contributed by atoms with Crippen LogP contribution in [0.5, 0.6) is 11.5 Å². The Hall–Kier alpha value is -2.77. The van der Waals surface area contributed by atoms with Crippen LogP contribution in [0.15, 0.2) is 36.4 Å². The van der Waals surface area contributed by atoms with Crippen molar-refractivity contribution in [2.24, 2.45) is 5.41 Å². The highest BCUT2D eigenvalue weighted by Gasteiger charge is 2.39. The van der Waals surface area contributed by atoms with Crippen molar-refractivity contribution in [1.29, 1.82) is 0 Å². The summed E-state index contributed by atoms with van der Waals surface area (Å²) in [5.41, 5.74) is 1.50. The number of anilines is 1. The first-order valence-corrected chi connectivity index (χ1v) is 10.2. The minimum absolute atomic E-state index is 0.00746. The number of amides is 1. The first kappa shape index (κ1) is 22.9. The van der Waals surface area contributed by atoms with Gasteiger partial charge in [-0.25, -0.2) is 0 Å². The van der Waals surface area contributed by atoms with E-state index in [0.29, 0.717) is 34.1 Å². The van der Waals surface area contributed by atoms with Crippen molar-refractivity contribution >= 4 is 29.2 Å². The van der Waals surface area contributed by atoms with E-state index in [4.69, 9.17) is 21.1 Å². The normalized spacial score (nSPS) is 19.0. The average Bonchev–Trinajstić information content (AvgIpc) is 2.77. The Morgan fingerprint density at radius 3 is 2.52 bits per heavy atom. The van der Waals surface area contributed by atoms with Gasteiger partial charge in [0.1, 0.15) is 23.7 Å². The lowest BCUT2D eigenvalue weighted by Gasteiger charge is -2.31. The summed E-state index contributed by atoms with van der Waals surface area (Å²) in [5, 5.41) is 19.7. The molecule has 0 fully saturated rings.